The highest BCUT2D eigenvalue weighted by Gasteiger charge is 2.29. The monoisotopic (exact) mass is 486 g/mol. The third-order valence-electron chi connectivity index (χ3n) is 6.52. The highest BCUT2D eigenvalue weighted by Crippen LogP contribution is 2.28. The molecule has 2 aromatic rings. The van der Waals surface area contributed by atoms with Crippen molar-refractivity contribution in [2.24, 2.45) is 5.92 Å². The predicted molar refractivity (Wildman–Crippen MR) is 136 cm³/mol. The van der Waals surface area contributed by atoms with E-state index in [1.807, 2.05) is 39.4 Å². The SMILES string of the molecule is CCCCN(CC(=O)N(CCc1ccc(OC)c(OC)c1)Cc1cccs1)C(=O)C1CCCC1. The molecule has 1 aromatic heterocycles. The fourth-order valence-electron chi connectivity index (χ4n) is 4.49. The van der Waals surface area contributed by atoms with Crippen LogP contribution in [0, 0.1) is 5.92 Å². The molecule has 6 nitrogen and oxygen atoms in total. The van der Waals surface area contributed by atoms with Crippen molar-refractivity contribution in [3.05, 3.63) is 46.2 Å². The van der Waals surface area contributed by atoms with Crippen molar-refractivity contribution in [1.82, 2.24) is 9.80 Å². The Morgan fingerprint density at radius 2 is 1.79 bits per heavy atom. The Morgan fingerprint density at radius 3 is 2.44 bits per heavy atom. The lowest BCUT2D eigenvalue weighted by Crippen LogP contribution is -2.45. The first-order valence-corrected chi connectivity index (χ1v) is 13.2. The molecule has 0 aliphatic heterocycles. The van der Waals surface area contributed by atoms with Crippen LogP contribution in [0.5, 0.6) is 11.5 Å². The number of benzene rings is 1. The summed E-state index contributed by atoms with van der Waals surface area (Å²) in [6.07, 6.45) is 6.75. The Morgan fingerprint density at radius 1 is 1.03 bits per heavy atom. The number of hydrogen-bond donors (Lipinski definition) is 0. The Labute approximate surface area is 207 Å². The molecule has 1 fully saturated rings. The summed E-state index contributed by atoms with van der Waals surface area (Å²) < 4.78 is 10.8. The predicted octanol–water partition coefficient (Wildman–Crippen LogP) is 5.16. The molecule has 0 bridgehead atoms. The second-order valence-corrected chi connectivity index (χ2v) is 9.96. The molecule has 2 amide bonds. The minimum atomic E-state index is 0.0105. The molecule has 1 aliphatic rings. The normalized spacial score (nSPS) is 13.6. The highest BCUT2D eigenvalue weighted by atomic mass is 32.1. The number of thiophene rings is 1. The van der Waals surface area contributed by atoms with Gasteiger partial charge in [0.15, 0.2) is 11.5 Å². The second kappa shape index (κ2) is 13.4. The van der Waals surface area contributed by atoms with Gasteiger partial charge in [-0.1, -0.05) is 38.3 Å². The van der Waals surface area contributed by atoms with Gasteiger partial charge in [-0.25, -0.2) is 0 Å². The number of amides is 2. The smallest absolute Gasteiger partial charge is 0.242 e. The third kappa shape index (κ3) is 7.23. The number of methoxy groups -OCH3 is 2. The van der Waals surface area contributed by atoms with Crippen LogP contribution in [0.4, 0.5) is 0 Å². The fourth-order valence-corrected chi connectivity index (χ4v) is 5.21. The molecule has 0 spiro atoms. The van der Waals surface area contributed by atoms with Gasteiger partial charge in [-0.3, -0.25) is 9.59 Å². The van der Waals surface area contributed by atoms with Gasteiger partial charge in [-0.05, 0) is 54.8 Å². The van der Waals surface area contributed by atoms with Gasteiger partial charge < -0.3 is 19.3 Å². The lowest BCUT2D eigenvalue weighted by atomic mass is 10.1. The average molecular weight is 487 g/mol. The van der Waals surface area contributed by atoms with Gasteiger partial charge in [0.2, 0.25) is 11.8 Å². The summed E-state index contributed by atoms with van der Waals surface area (Å²) in [5.74, 6) is 1.63. The minimum Gasteiger partial charge on any atom is -0.493 e. The largest absolute Gasteiger partial charge is 0.493 e. The van der Waals surface area contributed by atoms with E-state index in [0.717, 1.165) is 49.0 Å². The van der Waals surface area contributed by atoms with Crippen molar-refractivity contribution >= 4 is 23.2 Å². The molecule has 0 unspecified atom stereocenters. The van der Waals surface area contributed by atoms with Crippen LogP contribution in [0.25, 0.3) is 0 Å². The number of hydrogen-bond acceptors (Lipinski definition) is 5. The average Bonchev–Trinajstić information content (AvgIpc) is 3.58. The summed E-state index contributed by atoms with van der Waals surface area (Å²) in [5, 5.41) is 2.03. The van der Waals surface area contributed by atoms with Crippen molar-refractivity contribution in [1.29, 1.82) is 0 Å². The number of nitrogens with zero attached hydrogens (tertiary/aromatic N) is 2. The number of carbonyl (C=O) groups is 2. The molecule has 1 aromatic carbocycles. The first-order valence-electron chi connectivity index (χ1n) is 12.4. The molecule has 7 heteroatoms. The molecule has 0 atom stereocenters. The van der Waals surface area contributed by atoms with Crippen molar-refractivity contribution < 1.29 is 19.1 Å². The van der Waals surface area contributed by atoms with E-state index >= 15 is 0 Å². The molecule has 0 N–H and O–H groups in total. The Balaban J connectivity index is 1.71. The standard InChI is InChI=1S/C27H38N2O4S/c1-4-5-15-29(27(31)22-9-6-7-10-22)20-26(30)28(19-23-11-8-17-34-23)16-14-21-12-13-24(32-2)25(18-21)33-3/h8,11-13,17-18,22H,4-7,9-10,14-16,19-20H2,1-3H3. The van der Waals surface area contributed by atoms with Gasteiger partial charge in [0.05, 0.1) is 27.3 Å². The van der Waals surface area contributed by atoms with E-state index in [9.17, 15) is 9.59 Å². The van der Waals surface area contributed by atoms with Gasteiger partial charge >= 0.3 is 0 Å². The van der Waals surface area contributed by atoms with Crippen LogP contribution in [-0.4, -0.2) is 55.5 Å². The maximum absolute atomic E-state index is 13.5. The van der Waals surface area contributed by atoms with Gasteiger partial charge in [0.1, 0.15) is 0 Å². The Hall–Kier alpha value is -2.54. The lowest BCUT2D eigenvalue weighted by molar-refractivity contribution is -0.143. The van der Waals surface area contributed by atoms with Crippen LogP contribution in [0.2, 0.25) is 0 Å². The van der Waals surface area contributed by atoms with E-state index in [0.29, 0.717) is 37.6 Å². The van der Waals surface area contributed by atoms with Crippen molar-refractivity contribution in [3.8, 4) is 11.5 Å². The van der Waals surface area contributed by atoms with Crippen LogP contribution in [0.3, 0.4) is 0 Å². The van der Waals surface area contributed by atoms with Crippen LogP contribution in [-0.2, 0) is 22.6 Å². The van der Waals surface area contributed by atoms with Crippen LogP contribution in [0.1, 0.15) is 55.9 Å². The quantitative estimate of drug-likeness (QED) is 0.393. The van der Waals surface area contributed by atoms with Gasteiger partial charge in [0.25, 0.3) is 0 Å². The minimum absolute atomic E-state index is 0.0105. The lowest BCUT2D eigenvalue weighted by Gasteiger charge is -2.29. The Kier molecular flexibility index (Phi) is 10.3. The van der Waals surface area contributed by atoms with Crippen molar-refractivity contribution in [2.45, 2.75) is 58.4 Å². The van der Waals surface area contributed by atoms with Crippen molar-refractivity contribution in [3.63, 3.8) is 0 Å². The summed E-state index contributed by atoms with van der Waals surface area (Å²) in [4.78, 5) is 31.5. The molecule has 3 rings (SSSR count). The van der Waals surface area contributed by atoms with E-state index in [1.165, 1.54) is 0 Å². The van der Waals surface area contributed by atoms with E-state index in [1.54, 1.807) is 25.6 Å². The molecule has 186 valence electrons. The molecular formula is C27H38N2O4S. The van der Waals surface area contributed by atoms with E-state index in [4.69, 9.17) is 9.47 Å². The van der Waals surface area contributed by atoms with E-state index in [-0.39, 0.29) is 24.3 Å². The third-order valence-corrected chi connectivity index (χ3v) is 7.38. The Bertz CT molecular complexity index is 909. The summed E-state index contributed by atoms with van der Waals surface area (Å²) >= 11 is 1.65. The molecule has 1 saturated carbocycles. The summed E-state index contributed by atoms with van der Waals surface area (Å²) in [7, 11) is 3.25. The van der Waals surface area contributed by atoms with E-state index in [2.05, 4.69) is 13.0 Å². The first kappa shape index (κ1) is 26.1. The highest BCUT2D eigenvalue weighted by molar-refractivity contribution is 7.09. The van der Waals surface area contributed by atoms with Crippen LogP contribution in [0.15, 0.2) is 35.7 Å². The number of carbonyl (C=O) groups excluding carboxylic acids is 2. The second-order valence-electron chi connectivity index (χ2n) is 8.93. The summed E-state index contributed by atoms with van der Waals surface area (Å²) in [6, 6.07) is 9.93. The fraction of sp³-hybridized carbons (Fsp3) is 0.556. The maximum Gasteiger partial charge on any atom is 0.242 e. The summed E-state index contributed by atoms with van der Waals surface area (Å²) in [6.45, 7) is 4.06. The van der Waals surface area contributed by atoms with Crippen molar-refractivity contribution in [2.75, 3.05) is 33.9 Å². The molecule has 0 saturated heterocycles. The van der Waals surface area contributed by atoms with Gasteiger partial charge in [0, 0.05) is 23.9 Å². The molecular weight excluding hydrogens is 448 g/mol. The number of unbranched alkanes of at least 4 members (excludes halogenated alkanes) is 1. The molecule has 1 heterocycles. The molecule has 34 heavy (non-hydrogen) atoms. The summed E-state index contributed by atoms with van der Waals surface area (Å²) in [5.41, 5.74) is 1.08. The molecule has 0 radical (unpaired) electrons. The zero-order valence-electron chi connectivity index (χ0n) is 20.8. The maximum atomic E-state index is 13.5. The van der Waals surface area contributed by atoms with Crippen LogP contribution >= 0.6 is 11.3 Å². The first-order chi connectivity index (χ1) is 16.5. The number of rotatable bonds is 13. The zero-order chi connectivity index (χ0) is 24.3. The van der Waals surface area contributed by atoms with Gasteiger partial charge in [-0.15, -0.1) is 11.3 Å². The zero-order valence-corrected chi connectivity index (χ0v) is 21.6. The van der Waals surface area contributed by atoms with Gasteiger partial charge in [-0.2, -0.15) is 0 Å². The molecule has 1 aliphatic carbocycles. The van der Waals surface area contributed by atoms with Crippen LogP contribution < -0.4 is 9.47 Å². The number of ether oxygens (including phenoxy) is 2. The topological polar surface area (TPSA) is 59.1 Å². The van der Waals surface area contributed by atoms with E-state index < -0.39 is 0 Å².